The van der Waals surface area contributed by atoms with Crippen molar-refractivity contribution in [2.75, 3.05) is 26.4 Å². The summed E-state index contributed by atoms with van der Waals surface area (Å²) >= 11 is 0. The summed E-state index contributed by atoms with van der Waals surface area (Å²) in [7, 11) is 0. The highest BCUT2D eigenvalue weighted by Crippen LogP contribution is 2.62. The molecule has 4 aromatic rings. The van der Waals surface area contributed by atoms with Crippen LogP contribution in [0.2, 0.25) is 0 Å². The van der Waals surface area contributed by atoms with Crippen molar-refractivity contribution < 1.29 is 23.8 Å². The number of fused-ring (bicyclic) bond motifs is 6. The molecule has 3 aliphatic rings. The summed E-state index contributed by atoms with van der Waals surface area (Å²) in [6.45, 7) is 5.49. The van der Waals surface area contributed by atoms with Gasteiger partial charge in [0, 0.05) is 16.2 Å². The molecule has 1 saturated heterocycles. The predicted octanol–water partition coefficient (Wildman–Crippen LogP) is 7.62. The second kappa shape index (κ2) is 11.0. The molecule has 0 bridgehead atoms. The van der Waals surface area contributed by atoms with Gasteiger partial charge in [-0.25, -0.2) is 0 Å². The van der Waals surface area contributed by atoms with Gasteiger partial charge in [-0.1, -0.05) is 97.1 Å². The van der Waals surface area contributed by atoms with Gasteiger partial charge in [-0.05, 0) is 71.2 Å². The summed E-state index contributed by atoms with van der Waals surface area (Å²) in [5.41, 5.74) is 7.81. The molecule has 0 saturated carbocycles. The zero-order chi connectivity index (χ0) is 30.4. The van der Waals surface area contributed by atoms with Crippen LogP contribution in [-0.2, 0) is 34.6 Å². The minimum absolute atomic E-state index is 0.202. The Morgan fingerprint density at radius 2 is 0.886 bits per heavy atom. The van der Waals surface area contributed by atoms with Crippen molar-refractivity contribution in [2.45, 2.75) is 50.4 Å². The normalized spacial score (nSPS) is 17.4. The van der Waals surface area contributed by atoms with Gasteiger partial charge in [0.1, 0.15) is 0 Å². The number of ether oxygens (including phenoxy) is 3. The van der Waals surface area contributed by atoms with E-state index in [1.807, 2.05) is 13.8 Å². The fourth-order valence-electron chi connectivity index (χ4n) is 8.57. The largest absolute Gasteiger partial charge is 0.466 e. The molecule has 0 unspecified atom stereocenters. The summed E-state index contributed by atoms with van der Waals surface area (Å²) in [5.74, 6) is -0.403. The average Bonchev–Trinajstić information content (AvgIpc) is 3.44. The third-order valence-corrected chi connectivity index (χ3v) is 10.0. The standard InChI is InChI=1S/C39H38O5/c1-3-43-35(40)21-38(31-17-9-5-13-27(31)28-14-6-10-18-32(28)38)23-37(25-42-26-37)24-39(22-36(41)44-4-2)33-19-11-7-15-29(33)30-16-8-12-20-34(30)39/h5-20H,3-4,21-26H2,1-2H3. The van der Waals surface area contributed by atoms with Crippen LogP contribution in [0.25, 0.3) is 22.3 Å². The summed E-state index contributed by atoms with van der Waals surface area (Å²) in [5, 5.41) is 0. The van der Waals surface area contributed by atoms with Crippen LogP contribution < -0.4 is 0 Å². The van der Waals surface area contributed by atoms with E-state index in [2.05, 4.69) is 97.1 Å². The maximum atomic E-state index is 13.5. The van der Waals surface area contributed by atoms with Crippen LogP contribution in [0.15, 0.2) is 97.1 Å². The minimum Gasteiger partial charge on any atom is -0.466 e. The van der Waals surface area contributed by atoms with Crippen molar-refractivity contribution >= 4 is 11.9 Å². The lowest BCUT2D eigenvalue weighted by Crippen LogP contribution is -2.52. The Balaban J connectivity index is 1.39. The molecule has 2 aliphatic carbocycles. The monoisotopic (exact) mass is 586 g/mol. The molecule has 1 aliphatic heterocycles. The van der Waals surface area contributed by atoms with Gasteiger partial charge in [-0.3, -0.25) is 9.59 Å². The van der Waals surface area contributed by atoms with E-state index in [0.29, 0.717) is 39.3 Å². The van der Waals surface area contributed by atoms with E-state index in [0.717, 1.165) is 22.3 Å². The number of carbonyl (C=O) groups is 2. The third-order valence-electron chi connectivity index (χ3n) is 10.0. The maximum Gasteiger partial charge on any atom is 0.307 e. The quantitative estimate of drug-likeness (QED) is 0.179. The fraction of sp³-hybridized carbons (Fsp3) is 0.333. The Hall–Kier alpha value is -4.22. The summed E-state index contributed by atoms with van der Waals surface area (Å²) < 4.78 is 17.3. The zero-order valence-corrected chi connectivity index (χ0v) is 25.4. The first-order valence-corrected chi connectivity index (χ1v) is 15.7. The SMILES string of the molecule is CCOC(=O)CC1(CC2(CC3(CC(=O)OCC)c4ccccc4-c4ccccc43)COC2)c2ccccc2-c2ccccc21. The zero-order valence-electron chi connectivity index (χ0n) is 25.4. The Kier molecular flexibility index (Phi) is 7.17. The van der Waals surface area contributed by atoms with Crippen LogP contribution >= 0.6 is 0 Å². The van der Waals surface area contributed by atoms with E-state index in [1.165, 1.54) is 22.3 Å². The van der Waals surface area contributed by atoms with Gasteiger partial charge in [0.25, 0.3) is 0 Å². The highest BCUT2D eigenvalue weighted by molar-refractivity contribution is 5.86. The highest BCUT2D eigenvalue weighted by Gasteiger charge is 2.57. The van der Waals surface area contributed by atoms with Gasteiger partial charge in [-0.15, -0.1) is 0 Å². The molecule has 0 atom stereocenters. The van der Waals surface area contributed by atoms with Crippen molar-refractivity contribution in [3.63, 3.8) is 0 Å². The predicted molar refractivity (Wildman–Crippen MR) is 170 cm³/mol. The molecule has 1 fully saturated rings. The van der Waals surface area contributed by atoms with E-state index < -0.39 is 10.8 Å². The van der Waals surface area contributed by atoms with Gasteiger partial charge in [0.15, 0.2) is 0 Å². The third kappa shape index (κ3) is 4.40. The van der Waals surface area contributed by atoms with E-state index in [1.54, 1.807) is 0 Å². The second-order valence-corrected chi connectivity index (χ2v) is 12.7. The van der Waals surface area contributed by atoms with E-state index in [4.69, 9.17) is 14.2 Å². The molecule has 5 heteroatoms. The first-order chi connectivity index (χ1) is 21.5. The van der Waals surface area contributed by atoms with Crippen LogP contribution in [0.1, 0.15) is 61.8 Å². The van der Waals surface area contributed by atoms with Gasteiger partial charge in [0.2, 0.25) is 0 Å². The molecule has 1 heterocycles. The topological polar surface area (TPSA) is 61.8 Å². The van der Waals surface area contributed by atoms with Crippen LogP contribution in [-0.4, -0.2) is 38.4 Å². The van der Waals surface area contributed by atoms with Gasteiger partial charge in [-0.2, -0.15) is 0 Å². The molecule has 4 aromatic carbocycles. The van der Waals surface area contributed by atoms with E-state index in [-0.39, 0.29) is 30.2 Å². The fourth-order valence-corrected chi connectivity index (χ4v) is 8.57. The number of hydrogen-bond acceptors (Lipinski definition) is 5. The van der Waals surface area contributed by atoms with E-state index >= 15 is 0 Å². The van der Waals surface area contributed by atoms with Crippen LogP contribution in [0, 0.1) is 5.41 Å². The lowest BCUT2D eigenvalue weighted by molar-refractivity contribution is -0.153. The molecule has 5 nitrogen and oxygen atoms in total. The number of rotatable bonds is 10. The Labute approximate surface area is 259 Å². The van der Waals surface area contributed by atoms with Crippen LogP contribution in [0.5, 0.6) is 0 Å². The van der Waals surface area contributed by atoms with Crippen molar-refractivity contribution in [3.8, 4) is 22.3 Å². The smallest absolute Gasteiger partial charge is 0.307 e. The summed E-state index contributed by atoms with van der Waals surface area (Å²) in [6, 6.07) is 33.9. The van der Waals surface area contributed by atoms with Crippen molar-refractivity contribution in [1.29, 1.82) is 0 Å². The highest BCUT2D eigenvalue weighted by atomic mass is 16.5. The van der Waals surface area contributed by atoms with Gasteiger partial charge >= 0.3 is 11.9 Å². The first kappa shape index (κ1) is 28.5. The molecule has 0 amide bonds. The molecule has 0 N–H and O–H groups in total. The van der Waals surface area contributed by atoms with Crippen molar-refractivity contribution in [3.05, 3.63) is 119 Å². The number of hydrogen-bond donors (Lipinski definition) is 0. The Bertz CT molecular complexity index is 1520. The Morgan fingerprint density at radius 3 is 1.16 bits per heavy atom. The second-order valence-electron chi connectivity index (χ2n) is 12.7. The number of benzene rings is 4. The lowest BCUT2D eigenvalue weighted by Gasteiger charge is -2.51. The first-order valence-electron chi connectivity index (χ1n) is 15.7. The summed E-state index contributed by atoms with van der Waals surface area (Å²) in [4.78, 5) is 26.9. The van der Waals surface area contributed by atoms with Crippen LogP contribution in [0.3, 0.4) is 0 Å². The Morgan fingerprint density at radius 1 is 0.568 bits per heavy atom. The maximum absolute atomic E-state index is 13.5. The number of esters is 2. The minimum atomic E-state index is -0.591. The molecular weight excluding hydrogens is 548 g/mol. The number of carbonyl (C=O) groups excluding carboxylic acids is 2. The molecule has 224 valence electrons. The molecule has 0 aromatic heterocycles. The molecule has 0 radical (unpaired) electrons. The van der Waals surface area contributed by atoms with Crippen molar-refractivity contribution in [1.82, 2.24) is 0 Å². The van der Waals surface area contributed by atoms with Gasteiger partial charge < -0.3 is 14.2 Å². The molecule has 7 rings (SSSR count). The molecule has 44 heavy (non-hydrogen) atoms. The summed E-state index contributed by atoms with van der Waals surface area (Å²) in [6.07, 6.45) is 1.88. The molecule has 0 spiro atoms. The van der Waals surface area contributed by atoms with Crippen molar-refractivity contribution in [2.24, 2.45) is 5.41 Å². The lowest BCUT2D eigenvalue weighted by atomic mass is 9.57. The van der Waals surface area contributed by atoms with Gasteiger partial charge in [0.05, 0.1) is 39.3 Å². The molecular formula is C39H38O5. The van der Waals surface area contributed by atoms with Crippen LogP contribution in [0.4, 0.5) is 0 Å². The van der Waals surface area contributed by atoms with E-state index in [9.17, 15) is 9.59 Å². The average molecular weight is 587 g/mol.